The number of benzene rings is 3. The van der Waals surface area contributed by atoms with Crippen molar-refractivity contribution in [3.05, 3.63) is 102 Å². The van der Waals surface area contributed by atoms with Crippen LogP contribution in [0.5, 0.6) is 0 Å². The summed E-state index contributed by atoms with van der Waals surface area (Å²) in [6, 6.07) is 24.1. The molecule has 4 rings (SSSR count). The van der Waals surface area contributed by atoms with Crippen LogP contribution in [-0.2, 0) is 33.2 Å². The fourth-order valence-electron chi connectivity index (χ4n) is 4.20. The van der Waals surface area contributed by atoms with Crippen molar-refractivity contribution in [1.82, 2.24) is 5.32 Å². The molecule has 3 aromatic rings. The second-order valence-electron chi connectivity index (χ2n) is 8.07. The molecule has 0 aliphatic heterocycles. The largest absolute Gasteiger partial charge is 0.445 e. The molecule has 1 amide bonds. The zero-order valence-electron chi connectivity index (χ0n) is 17.5. The average molecular weight is 452 g/mol. The standard InChI is InChI=1S/C25H25NO5S/c27-24(31-17-19-9-3-1-4-10-19)26-21-15-20-11-7-8-14-23(20)25(28,16-21)18-32(29,30)22-12-5-2-6-13-22/h1-14,21,28H,15-18H2,(H,26,27)/t21-,25+/m0/s1. The maximum atomic E-state index is 13.0. The van der Waals surface area contributed by atoms with Gasteiger partial charge in [0.2, 0.25) is 0 Å². The van der Waals surface area contributed by atoms with Crippen LogP contribution in [0.4, 0.5) is 4.79 Å². The highest BCUT2D eigenvalue weighted by atomic mass is 32.2. The van der Waals surface area contributed by atoms with E-state index in [1.54, 1.807) is 30.3 Å². The van der Waals surface area contributed by atoms with E-state index < -0.39 is 33.3 Å². The molecule has 0 unspecified atom stereocenters. The molecule has 0 fully saturated rings. The van der Waals surface area contributed by atoms with Crippen molar-refractivity contribution in [1.29, 1.82) is 0 Å². The molecule has 0 aromatic heterocycles. The van der Waals surface area contributed by atoms with E-state index >= 15 is 0 Å². The molecule has 2 N–H and O–H groups in total. The molecule has 6 nitrogen and oxygen atoms in total. The van der Waals surface area contributed by atoms with Crippen LogP contribution in [-0.4, -0.2) is 31.4 Å². The molecule has 1 aliphatic carbocycles. The van der Waals surface area contributed by atoms with Gasteiger partial charge in [0.25, 0.3) is 0 Å². The molecule has 166 valence electrons. The molecular weight excluding hydrogens is 426 g/mol. The fourth-order valence-corrected chi connectivity index (χ4v) is 5.84. The van der Waals surface area contributed by atoms with Crippen molar-refractivity contribution in [2.75, 3.05) is 5.75 Å². The highest BCUT2D eigenvalue weighted by Gasteiger charge is 2.43. The first-order valence-corrected chi connectivity index (χ1v) is 12.1. The lowest BCUT2D eigenvalue weighted by Crippen LogP contribution is -2.49. The molecule has 0 heterocycles. The van der Waals surface area contributed by atoms with Crippen LogP contribution in [0.25, 0.3) is 0 Å². The second-order valence-corrected chi connectivity index (χ2v) is 10.1. The lowest BCUT2D eigenvalue weighted by atomic mass is 9.78. The average Bonchev–Trinajstić information content (AvgIpc) is 2.78. The van der Waals surface area contributed by atoms with Gasteiger partial charge in [0.15, 0.2) is 9.84 Å². The molecule has 3 aromatic carbocycles. The SMILES string of the molecule is O=C(N[C@H]1Cc2ccccc2[C@](O)(CS(=O)(=O)c2ccccc2)C1)OCc1ccccc1. The Morgan fingerprint density at radius 3 is 2.31 bits per heavy atom. The van der Waals surface area contributed by atoms with Crippen LogP contribution in [0.15, 0.2) is 89.8 Å². The number of carbonyl (C=O) groups excluding carboxylic acids is 1. The van der Waals surface area contributed by atoms with Gasteiger partial charge in [-0.1, -0.05) is 72.8 Å². The van der Waals surface area contributed by atoms with E-state index in [0.717, 1.165) is 11.1 Å². The molecule has 0 bridgehead atoms. The predicted octanol–water partition coefficient (Wildman–Crippen LogP) is 3.59. The summed E-state index contributed by atoms with van der Waals surface area (Å²) in [7, 11) is -3.75. The number of sulfone groups is 1. The van der Waals surface area contributed by atoms with Gasteiger partial charge in [-0.15, -0.1) is 0 Å². The minimum atomic E-state index is -3.75. The van der Waals surface area contributed by atoms with E-state index in [-0.39, 0.29) is 17.9 Å². The number of carbonyl (C=O) groups is 1. The number of hydrogen-bond donors (Lipinski definition) is 2. The van der Waals surface area contributed by atoms with E-state index in [4.69, 9.17) is 4.74 Å². The van der Waals surface area contributed by atoms with Gasteiger partial charge in [0.1, 0.15) is 12.2 Å². The number of rotatable bonds is 6. The van der Waals surface area contributed by atoms with Crippen LogP contribution >= 0.6 is 0 Å². The third kappa shape index (κ3) is 5.00. The Hall–Kier alpha value is -3.16. The van der Waals surface area contributed by atoms with Crippen molar-refractivity contribution >= 4 is 15.9 Å². The van der Waals surface area contributed by atoms with Crippen LogP contribution in [0, 0.1) is 0 Å². The van der Waals surface area contributed by atoms with Gasteiger partial charge >= 0.3 is 6.09 Å². The summed E-state index contributed by atoms with van der Waals surface area (Å²) in [5.74, 6) is -0.474. The lowest BCUT2D eigenvalue weighted by Gasteiger charge is -2.38. The first kappa shape index (κ1) is 22.0. The van der Waals surface area contributed by atoms with Gasteiger partial charge in [-0.05, 0) is 35.2 Å². The van der Waals surface area contributed by atoms with Gasteiger partial charge in [-0.2, -0.15) is 0 Å². The third-order valence-corrected chi connectivity index (χ3v) is 7.48. The normalized spacial score (nSPS) is 20.2. The molecule has 0 saturated carbocycles. The van der Waals surface area contributed by atoms with Crippen molar-refractivity contribution < 1.29 is 23.1 Å². The third-order valence-electron chi connectivity index (χ3n) is 5.63. The molecule has 7 heteroatoms. The molecule has 1 aliphatic rings. The van der Waals surface area contributed by atoms with Crippen LogP contribution in [0.2, 0.25) is 0 Å². The molecular formula is C25H25NO5S. The summed E-state index contributed by atoms with van der Waals surface area (Å²) in [5.41, 5.74) is 0.608. The van der Waals surface area contributed by atoms with Gasteiger partial charge in [-0.3, -0.25) is 0 Å². The molecule has 0 radical (unpaired) electrons. The zero-order valence-corrected chi connectivity index (χ0v) is 18.3. The second kappa shape index (κ2) is 9.14. The van der Waals surface area contributed by atoms with Crippen LogP contribution < -0.4 is 5.32 Å². The molecule has 0 spiro atoms. The van der Waals surface area contributed by atoms with Gasteiger partial charge in [0.05, 0.1) is 10.6 Å². The van der Waals surface area contributed by atoms with E-state index in [9.17, 15) is 18.3 Å². The first-order valence-electron chi connectivity index (χ1n) is 10.4. The summed E-state index contributed by atoms with van der Waals surface area (Å²) < 4.78 is 31.4. The van der Waals surface area contributed by atoms with Gasteiger partial charge in [0, 0.05) is 12.5 Å². The van der Waals surface area contributed by atoms with Crippen molar-refractivity contribution in [2.45, 2.75) is 36.0 Å². The Morgan fingerprint density at radius 1 is 0.969 bits per heavy atom. The maximum absolute atomic E-state index is 13.0. The predicted molar refractivity (Wildman–Crippen MR) is 121 cm³/mol. The topological polar surface area (TPSA) is 92.7 Å². The first-order chi connectivity index (χ1) is 15.4. The number of amides is 1. The summed E-state index contributed by atoms with van der Waals surface area (Å²) in [6.45, 7) is 0.128. The fraction of sp³-hybridized carbons (Fsp3) is 0.240. The maximum Gasteiger partial charge on any atom is 0.407 e. The quantitative estimate of drug-likeness (QED) is 0.598. The van der Waals surface area contributed by atoms with E-state index in [1.807, 2.05) is 42.5 Å². The Balaban J connectivity index is 1.52. The summed E-state index contributed by atoms with van der Waals surface area (Å²) in [4.78, 5) is 12.5. The van der Waals surface area contributed by atoms with Crippen molar-refractivity contribution in [3.8, 4) is 0 Å². The number of nitrogens with one attached hydrogen (secondary N) is 1. The van der Waals surface area contributed by atoms with Gasteiger partial charge in [-0.25, -0.2) is 13.2 Å². The minimum absolute atomic E-state index is 0.0660. The zero-order chi connectivity index (χ0) is 22.6. The Kier molecular flexibility index (Phi) is 6.30. The van der Waals surface area contributed by atoms with Crippen LogP contribution in [0.1, 0.15) is 23.1 Å². The van der Waals surface area contributed by atoms with Crippen molar-refractivity contribution in [2.24, 2.45) is 0 Å². The number of alkyl carbamates (subject to hydrolysis) is 1. The number of aliphatic hydroxyl groups is 1. The van der Waals surface area contributed by atoms with Crippen LogP contribution in [0.3, 0.4) is 0 Å². The van der Waals surface area contributed by atoms with Crippen molar-refractivity contribution in [3.63, 3.8) is 0 Å². The summed E-state index contributed by atoms with van der Waals surface area (Å²) >= 11 is 0. The lowest BCUT2D eigenvalue weighted by molar-refractivity contribution is 0.0305. The molecule has 2 atom stereocenters. The highest BCUT2D eigenvalue weighted by Crippen LogP contribution is 2.37. The Labute approximate surface area is 187 Å². The summed E-state index contributed by atoms with van der Waals surface area (Å²) in [6.07, 6.45) is -0.0626. The highest BCUT2D eigenvalue weighted by molar-refractivity contribution is 7.91. The smallest absolute Gasteiger partial charge is 0.407 e. The Bertz CT molecular complexity index is 1180. The number of hydrogen-bond acceptors (Lipinski definition) is 5. The molecule has 0 saturated heterocycles. The number of ether oxygens (including phenoxy) is 1. The van der Waals surface area contributed by atoms with E-state index in [0.29, 0.717) is 12.0 Å². The van der Waals surface area contributed by atoms with E-state index in [1.165, 1.54) is 12.1 Å². The number of fused-ring (bicyclic) bond motifs is 1. The Morgan fingerprint density at radius 2 is 1.59 bits per heavy atom. The van der Waals surface area contributed by atoms with E-state index in [2.05, 4.69) is 5.32 Å². The molecule has 32 heavy (non-hydrogen) atoms. The van der Waals surface area contributed by atoms with Gasteiger partial charge < -0.3 is 15.2 Å². The summed E-state index contributed by atoms with van der Waals surface area (Å²) in [5, 5.41) is 14.3. The monoisotopic (exact) mass is 451 g/mol. The minimum Gasteiger partial charge on any atom is -0.445 e.